The number of fused-ring (bicyclic) bond motifs is 1. The average Bonchev–Trinajstić information content (AvgIpc) is 3.33. The zero-order chi connectivity index (χ0) is 18.9. The number of hydrogen-bond donors (Lipinski definition) is 2. The molecule has 0 spiro atoms. The summed E-state index contributed by atoms with van der Waals surface area (Å²) in [6.07, 6.45) is 6.96. The number of nitrogens with zero attached hydrogens (tertiary/aromatic N) is 3. The maximum absolute atomic E-state index is 13.5. The van der Waals surface area contributed by atoms with E-state index in [-0.39, 0.29) is 24.5 Å². The number of hydrogen-bond acceptors (Lipinski definition) is 4. The Labute approximate surface area is 155 Å². The summed E-state index contributed by atoms with van der Waals surface area (Å²) in [6.45, 7) is 0. The van der Waals surface area contributed by atoms with Crippen LogP contribution in [0, 0.1) is 0 Å². The molecule has 0 atom stereocenters. The normalized spacial score (nSPS) is 19.3. The fourth-order valence-corrected chi connectivity index (χ4v) is 4.09. The molecule has 1 saturated carbocycles. The molecule has 2 N–H and O–H groups in total. The van der Waals surface area contributed by atoms with Crippen molar-refractivity contribution in [2.45, 2.75) is 56.8 Å². The van der Waals surface area contributed by atoms with Crippen molar-refractivity contribution in [3.63, 3.8) is 0 Å². The highest BCUT2D eigenvalue weighted by atomic mass is 19.3. The van der Waals surface area contributed by atoms with E-state index < -0.39 is 11.8 Å². The topological polar surface area (TPSA) is 83.0 Å². The minimum absolute atomic E-state index is 0.0431. The molecule has 6 nitrogen and oxygen atoms in total. The second-order valence-corrected chi connectivity index (χ2v) is 7.29. The number of nitrogens with one attached hydrogen (secondary N) is 2. The molecule has 1 aromatic carbocycles. The van der Waals surface area contributed by atoms with E-state index in [9.17, 15) is 13.6 Å². The number of aryl methyl sites for hydroxylation is 1. The van der Waals surface area contributed by atoms with Crippen LogP contribution in [-0.4, -0.2) is 33.5 Å². The number of amides is 1. The first-order valence-corrected chi connectivity index (χ1v) is 9.24. The van der Waals surface area contributed by atoms with Crippen molar-refractivity contribution in [2.75, 3.05) is 0 Å². The Bertz CT molecular complexity index is 853. The summed E-state index contributed by atoms with van der Waals surface area (Å²) in [7, 11) is 0. The van der Waals surface area contributed by atoms with Gasteiger partial charge in [0.2, 0.25) is 5.92 Å². The van der Waals surface area contributed by atoms with Gasteiger partial charge in [-0.1, -0.05) is 0 Å². The average molecular weight is 373 g/mol. The number of H-pyrrole nitrogens is 1. The van der Waals surface area contributed by atoms with Crippen LogP contribution in [0.2, 0.25) is 0 Å². The van der Waals surface area contributed by atoms with Gasteiger partial charge in [0, 0.05) is 12.8 Å². The lowest BCUT2D eigenvalue weighted by Crippen LogP contribution is -2.24. The predicted octanol–water partition coefficient (Wildman–Crippen LogP) is 3.35. The van der Waals surface area contributed by atoms with E-state index in [2.05, 4.69) is 32.0 Å². The van der Waals surface area contributed by atoms with Gasteiger partial charge >= 0.3 is 0 Å². The predicted molar refractivity (Wildman–Crippen MR) is 96.1 cm³/mol. The van der Waals surface area contributed by atoms with Crippen LogP contribution in [0.15, 0.2) is 23.4 Å². The third-order valence-corrected chi connectivity index (χ3v) is 5.46. The van der Waals surface area contributed by atoms with E-state index in [1.165, 1.54) is 22.9 Å². The molecule has 2 aliphatic carbocycles. The molecule has 27 heavy (non-hydrogen) atoms. The van der Waals surface area contributed by atoms with Crippen LogP contribution in [0.1, 0.15) is 70.8 Å². The lowest BCUT2D eigenvalue weighted by Gasteiger charge is -2.30. The molecule has 8 heteroatoms. The number of alkyl halides is 2. The van der Waals surface area contributed by atoms with Gasteiger partial charge in [0.05, 0.1) is 12.4 Å². The molecular weight excluding hydrogens is 352 g/mol. The van der Waals surface area contributed by atoms with Gasteiger partial charge in [-0.15, -0.1) is 0 Å². The van der Waals surface area contributed by atoms with Gasteiger partial charge in [0.25, 0.3) is 5.91 Å². The maximum atomic E-state index is 13.5. The van der Waals surface area contributed by atoms with Crippen molar-refractivity contribution >= 4 is 12.1 Å². The number of halogens is 2. The number of carbonyl (C=O) groups is 1. The number of benzene rings is 1. The van der Waals surface area contributed by atoms with Crippen molar-refractivity contribution < 1.29 is 13.6 Å². The molecule has 0 bridgehead atoms. The number of aromatic nitrogens is 3. The zero-order valence-corrected chi connectivity index (χ0v) is 14.8. The van der Waals surface area contributed by atoms with Crippen LogP contribution >= 0.6 is 0 Å². The molecule has 0 radical (unpaired) electrons. The van der Waals surface area contributed by atoms with Gasteiger partial charge < -0.3 is 0 Å². The van der Waals surface area contributed by atoms with Crippen LogP contribution in [0.4, 0.5) is 8.78 Å². The summed E-state index contributed by atoms with van der Waals surface area (Å²) in [6, 6.07) is 4.12. The molecule has 142 valence electrons. The van der Waals surface area contributed by atoms with Gasteiger partial charge in [-0.05, 0) is 72.4 Å². The molecule has 1 heterocycles. The Morgan fingerprint density at radius 3 is 2.85 bits per heavy atom. The van der Waals surface area contributed by atoms with E-state index >= 15 is 0 Å². The van der Waals surface area contributed by atoms with Gasteiger partial charge in [0.15, 0.2) is 5.69 Å². The van der Waals surface area contributed by atoms with Crippen molar-refractivity contribution in [2.24, 2.45) is 5.10 Å². The van der Waals surface area contributed by atoms with E-state index in [0.717, 1.165) is 24.8 Å². The highest BCUT2D eigenvalue weighted by Gasteiger charge is 2.36. The molecule has 2 aromatic rings. The number of hydrazone groups is 1. The van der Waals surface area contributed by atoms with Gasteiger partial charge in [0.1, 0.15) is 0 Å². The van der Waals surface area contributed by atoms with Crippen LogP contribution in [0.5, 0.6) is 0 Å². The van der Waals surface area contributed by atoms with E-state index in [0.29, 0.717) is 12.8 Å². The molecule has 1 aromatic heterocycles. The van der Waals surface area contributed by atoms with Crippen molar-refractivity contribution in [3.8, 4) is 0 Å². The Hall–Kier alpha value is -2.64. The molecule has 0 unspecified atom stereocenters. The largest absolute Gasteiger partial charge is 0.293 e. The Morgan fingerprint density at radius 2 is 2.11 bits per heavy atom. The van der Waals surface area contributed by atoms with Crippen LogP contribution < -0.4 is 5.43 Å². The fourth-order valence-electron chi connectivity index (χ4n) is 4.09. The highest BCUT2D eigenvalue weighted by Crippen LogP contribution is 2.43. The number of aromatic amines is 1. The standard InChI is InChI=1S/C19H21F2N5O/c20-19(21)6-4-13(5-7-19)16-9-12(8-14-2-1-3-15(14)16)10-22-25-18(27)17-11-23-26-24-17/h8-11,13H,1-7H2,(H,25,27)(H,23,24,26)/b22-10+. The second kappa shape index (κ2) is 7.17. The summed E-state index contributed by atoms with van der Waals surface area (Å²) in [5, 5.41) is 13.6. The van der Waals surface area contributed by atoms with Gasteiger partial charge in [-0.25, -0.2) is 14.2 Å². The van der Waals surface area contributed by atoms with Crippen molar-refractivity contribution in [1.82, 2.24) is 20.8 Å². The number of carbonyl (C=O) groups excluding carboxylic acids is 1. The van der Waals surface area contributed by atoms with Crippen LogP contribution in [0.25, 0.3) is 0 Å². The third-order valence-electron chi connectivity index (χ3n) is 5.46. The van der Waals surface area contributed by atoms with E-state index in [4.69, 9.17) is 0 Å². The third kappa shape index (κ3) is 3.89. The lowest BCUT2D eigenvalue weighted by molar-refractivity contribution is -0.0382. The molecule has 1 amide bonds. The zero-order valence-electron chi connectivity index (χ0n) is 14.8. The Kier molecular flexibility index (Phi) is 4.72. The summed E-state index contributed by atoms with van der Waals surface area (Å²) in [4.78, 5) is 11.8. The first-order valence-electron chi connectivity index (χ1n) is 9.24. The van der Waals surface area contributed by atoms with E-state index in [1.807, 2.05) is 6.07 Å². The van der Waals surface area contributed by atoms with Crippen LogP contribution in [-0.2, 0) is 12.8 Å². The van der Waals surface area contributed by atoms with Gasteiger partial charge in [-0.3, -0.25) is 4.79 Å². The summed E-state index contributed by atoms with van der Waals surface area (Å²) >= 11 is 0. The lowest BCUT2D eigenvalue weighted by atomic mass is 9.79. The van der Waals surface area contributed by atoms with Crippen molar-refractivity contribution in [1.29, 1.82) is 0 Å². The minimum Gasteiger partial charge on any atom is -0.265 e. The molecule has 1 fully saturated rings. The smallest absolute Gasteiger partial charge is 0.265 e. The summed E-state index contributed by atoms with van der Waals surface area (Å²) in [5.74, 6) is -2.80. The van der Waals surface area contributed by atoms with Crippen LogP contribution in [0.3, 0.4) is 0 Å². The summed E-state index contributed by atoms with van der Waals surface area (Å²) < 4.78 is 27.1. The molecule has 0 aliphatic heterocycles. The number of rotatable bonds is 4. The highest BCUT2D eigenvalue weighted by molar-refractivity contribution is 5.92. The molecule has 0 saturated heterocycles. The maximum Gasteiger partial charge on any atom is 0.293 e. The first-order chi connectivity index (χ1) is 13.0. The minimum atomic E-state index is -2.52. The quantitative estimate of drug-likeness (QED) is 0.637. The second-order valence-electron chi connectivity index (χ2n) is 7.29. The monoisotopic (exact) mass is 373 g/mol. The van der Waals surface area contributed by atoms with E-state index in [1.54, 1.807) is 6.21 Å². The SMILES string of the molecule is O=C(N/N=C/c1cc2c(c(C3CCC(F)(F)CC3)c1)CCC2)c1cn[nH]n1. The van der Waals surface area contributed by atoms with Gasteiger partial charge in [-0.2, -0.15) is 20.5 Å². The van der Waals surface area contributed by atoms with Crippen molar-refractivity contribution in [3.05, 3.63) is 46.3 Å². The fraction of sp³-hybridized carbons (Fsp3) is 0.474. The Balaban J connectivity index is 1.52. The molecule has 4 rings (SSSR count). The molecular formula is C19H21F2N5O. The summed E-state index contributed by atoms with van der Waals surface area (Å²) in [5.41, 5.74) is 7.24. The Morgan fingerprint density at radius 1 is 1.30 bits per heavy atom. The molecule has 2 aliphatic rings. The first kappa shape index (κ1) is 17.8.